The molecule has 1 rings (SSSR count). The van der Waals surface area contributed by atoms with Crippen LogP contribution in [0.25, 0.3) is 0 Å². The van der Waals surface area contributed by atoms with E-state index in [-0.39, 0.29) is 23.6 Å². The molecule has 0 fully saturated rings. The average molecular weight is 550 g/mol. The standard InChI is InChI=1S/C30H51N3O4S/c1-8-10-11-12-13-16-20-33(28(35)25(21-38)32-29(36)37-30(5,6)7)26(24-19-15-14-18-22(24)3)27(34)31-23(4)17-9-2/h14-15,18-19,23,25-26,38H,8-13,16-17,20-21H2,1-7H3,(H,31,34)(H,32,36). The smallest absolute Gasteiger partial charge is 0.408 e. The van der Waals surface area contributed by atoms with Crippen molar-refractivity contribution in [2.75, 3.05) is 12.3 Å². The third-order valence-corrected chi connectivity index (χ3v) is 6.73. The van der Waals surface area contributed by atoms with Gasteiger partial charge in [-0.3, -0.25) is 9.59 Å². The highest BCUT2D eigenvalue weighted by atomic mass is 32.1. The van der Waals surface area contributed by atoms with E-state index in [1.54, 1.807) is 25.7 Å². The number of thiol groups is 1. The summed E-state index contributed by atoms with van der Waals surface area (Å²) in [7, 11) is 0. The lowest BCUT2D eigenvalue weighted by molar-refractivity contribution is -0.142. The molecule has 0 spiro atoms. The zero-order chi connectivity index (χ0) is 28.7. The molecular formula is C30H51N3O4S. The number of aryl methyl sites for hydroxylation is 1. The molecular weight excluding hydrogens is 498 g/mol. The zero-order valence-electron chi connectivity index (χ0n) is 24.6. The van der Waals surface area contributed by atoms with E-state index in [2.05, 4.69) is 37.1 Å². The number of carbonyl (C=O) groups excluding carboxylic acids is 3. The number of rotatable bonds is 16. The summed E-state index contributed by atoms with van der Waals surface area (Å²) < 4.78 is 5.39. The average Bonchev–Trinajstić information content (AvgIpc) is 2.83. The highest BCUT2D eigenvalue weighted by molar-refractivity contribution is 7.80. The predicted octanol–water partition coefficient (Wildman–Crippen LogP) is 6.35. The van der Waals surface area contributed by atoms with Crippen molar-refractivity contribution in [2.45, 2.75) is 124 Å². The van der Waals surface area contributed by atoms with Crippen LogP contribution in [0.3, 0.4) is 0 Å². The number of carbonyl (C=O) groups is 3. The molecule has 3 atom stereocenters. The molecule has 3 amide bonds. The maximum absolute atomic E-state index is 14.0. The van der Waals surface area contributed by atoms with Crippen LogP contribution in [0.1, 0.15) is 110 Å². The second kappa shape index (κ2) is 17.4. The first-order valence-electron chi connectivity index (χ1n) is 14.2. The Bertz CT molecular complexity index is 871. The molecule has 0 heterocycles. The van der Waals surface area contributed by atoms with E-state index in [0.29, 0.717) is 6.54 Å². The number of unbranched alkanes of at least 4 members (excludes halogenated alkanes) is 5. The molecule has 0 aromatic heterocycles. The first kappa shape index (κ1) is 33.8. The highest BCUT2D eigenvalue weighted by Crippen LogP contribution is 2.27. The van der Waals surface area contributed by atoms with Gasteiger partial charge >= 0.3 is 6.09 Å². The summed E-state index contributed by atoms with van der Waals surface area (Å²) in [6.07, 6.45) is 7.42. The van der Waals surface area contributed by atoms with Gasteiger partial charge in [-0.25, -0.2) is 4.79 Å². The van der Waals surface area contributed by atoms with E-state index in [0.717, 1.165) is 56.1 Å². The van der Waals surface area contributed by atoms with Crippen molar-refractivity contribution in [1.82, 2.24) is 15.5 Å². The Morgan fingerprint density at radius 1 is 0.974 bits per heavy atom. The number of alkyl carbamates (subject to hydrolysis) is 1. The van der Waals surface area contributed by atoms with E-state index in [4.69, 9.17) is 4.74 Å². The maximum atomic E-state index is 14.0. The van der Waals surface area contributed by atoms with Crippen LogP contribution in [0.2, 0.25) is 0 Å². The van der Waals surface area contributed by atoms with Gasteiger partial charge in [-0.1, -0.05) is 76.6 Å². The summed E-state index contributed by atoms with van der Waals surface area (Å²) in [5.74, 6) is -0.472. The van der Waals surface area contributed by atoms with E-state index in [1.807, 2.05) is 38.1 Å². The molecule has 0 aliphatic carbocycles. The lowest BCUT2D eigenvalue weighted by Gasteiger charge is -2.35. The first-order chi connectivity index (χ1) is 17.9. The van der Waals surface area contributed by atoms with Crippen molar-refractivity contribution < 1.29 is 19.1 Å². The number of nitrogens with one attached hydrogen (secondary N) is 2. The number of hydrogen-bond donors (Lipinski definition) is 3. The van der Waals surface area contributed by atoms with Gasteiger partial charge in [0.15, 0.2) is 0 Å². The third-order valence-electron chi connectivity index (χ3n) is 6.36. The molecule has 1 aromatic carbocycles. The van der Waals surface area contributed by atoms with Crippen molar-refractivity contribution in [1.29, 1.82) is 0 Å². The Labute approximate surface area is 236 Å². The maximum Gasteiger partial charge on any atom is 0.408 e. The minimum atomic E-state index is -0.930. The number of amides is 3. The van der Waals surface area contributed by atoms with Crippen molar-refractivity contribution in [3.8, 4) is 0 Å². The fourth-order valence-corrected chi connectivity index (χ4v) is 4.68. The number of ether oxygens (including phenoxy) is 1. The lowest BCUT2D eigenvalue weighted by atomic mass is 9.97. The Kier molecular flexibility index (Phi) is 15.5. The van der Waals surface area contributed by atoms with Crippen LogP contribution in [0.4, 0.5) is 4.79 Å². The van der Waals surface area contributed by atoms with Crippen molar-refractivity contribution in [2.24, 2.45) is 0 Å². The van der Waals surface area contributed by atoms with Crippen LogP contribution in [0.5, 0.6) is 0 Å². The van der Waals surface area contributed by atoms with Crippen molar-refractivity contribution >= 4 is 30.5 Å². The summed E-state index contributed by atoms with van der Waals surface area (Å²) in [4.78, 5) is 42.0. The van der Waals surface area contributed by atoms with Crippen LogP contribution >= 0.6 is 12.6 Å². The van der Waals surface area contributed by atoms with Crippen LogP contribution in [0, 0.1) is 6.92 Å². The van der Waals surface area contributed by atoms with Gasteiger partial charge < -0.3 is 20.3 Å². The number of hydrogen-bond acceptors (Lipinski definition) is 5. The van der Waals surface area contributed by atoms with Gasteiger partial charge in [0.1, 0.15) is 17.7 Å². The Balaban J connectivity index is 3.36. The van der Waals surface area contributed by atoms with Crippen molar-refractivity contribution in [3.05, 3.63) is 35.4 Å². The monoisotopic (exact) mass is 549 g/mol. The van der Waals surface area contributed by atoms with Gasteiger partial charge in [0.2, 0.25) is 11.8 Å². The van der Waals surface area contributed by atoms with Crippen LogP contribution in [-0.4, -0.2) is 52.8 Å². The molecule has 0 saturated carbocycles. The van der Waals surface area contributed by atoms with Gasteiger partial charge in [-0.15, -0.1) is 0 Å². The molecule has 0 saturated heterocycles. The minimum absolute atomic E-state index is 0.0226. The zero-order valence-corrected chi connectivity index (χ0v) is 25.5. The molecule has 2 N–H and O–H groups in total. The highest BCUT2D eigenvalue weighted by Gasteiger charge is 2.36. The first-order valence-corrected chi connectivity index (χ1v) is 14.8. The molecule has 8 heteroatoms. The van der Waals surface area contributed by atoms with Gasteiger partial charge in [0.05, 0.1) is 0 Å². The molecule has 0 radical (unpaired) electrons. The van der Waals surface area contributed by atoms with Gasteiger partial charge in [0, 0.05) is 18.3 Å². The molecule has 216 valence electrons. The summed E-state index contributed by atoms with van der Waals surface area (Å²) in [5.41, 5.74) is 1.01. The van der Waals surface area contributed by atoms with Gasteiger partial charge in [-0.05, 0) is 58.6 Å². The molecule has 38 heavy (non-hydrogen) atoms. The van der Waals surface area contributed by atoms with Crippen molar-refractivity contribution in [3.63, 3.8) is 0 Å². The van der Waals surface area contributed by atoms with E-state index in [1.165, 1.54) is 6.42 Å². The number of nitrogens with zero attached hydrogens (tertiary/aromatic N) is 1. The van der Waals surface area contributed by atoms with Crippen LogP contribution in [-0.2, 0) is 14.3 Å². The molecule has 0 aliphatic rings. The van der Waals surface area contributed by atoms with Gasteiger partial charge in [0.25, 0.3) is 0 Å². The van der Waals surface area contributed by atoms with Crippen LogP contribution < -0.4 is 10.6 Å². The predicted molar refractivity (Wildman–Crippen MR) is 159 cm³/mol. The normalized spacial score (nSPS) is 13.8. The Hall–Kier alpha value is -2.22. The largest absolute Gasteiger partial charge is 0.444 e. The summed E-state index contributed by atoms with van der Waals surface area (Å²) in [6.45, 7) is 13.9. The quantitative estimate of drug-likeness (QED) is 0.166. The van der Waals surface area contributed by atoms with Crippen LogP contribution in [0.15, 0.2) is 24.3 Å². The fourth-order valence-electron chi connectivity index (χ4n) is 4.44. The van der Waals surface area contributed by atoms with E-state index >= 15 is 0 Å². The summed E-state index contributed by atoms with van der Waals surface area (Å²) in [6, 6.07) is 5.90. The molecule has 3 unspecified atom stereocenters. The fraction of sp³-hybridized carbons (Fsp3) is 0.700. The summed E-state index contributed by atoms with van der Waals surface area (Å²) in [5, 5.41) is 5.81. The molecule has 7 nitrogen and oxygen atoms in total. The van der Waals surface area contributed by atoms with E-state index in [9.17, 15) is 14.4 Å². The molecule has 0 aliphatic heterocycles. The van der Waals surface area contributed by atoms with E-state index < -0.39 is 23.8 Å². The second-order valence-electron chi connectivity index (χ2n) is 11.1. The second-order valence-corrected chi connectivity index (χ2v) is 11.5. The summed E-state index contributed by atoms with van der Waals surface area (Å²) >= 11 is 4.38. The number of benzene rings is 1. The SMILES string of the molecule is CCCCCCCCN(C(=O)C(CS)NC(=O)OC(C)(C)C)C(C(=O)NC(C)CCC)c1ccccc1C. The Morgan fingerprint density at radius 2 is 1.61 bits per heavy atom. The minimum Gasteiger partial charge on any atom is -0.444 e. The Morgan fingerprint density at radius 3 is 2.18 bits per heavy atom. The molecule has 1 aromatic rings. The molecule has 0 bridgehead atoms. The topological polar surface area (TPSA) is 87.7 Å². The third kappa shape index (κ3) is 12.1. The van der Waals surface area contributed by atoms with Gasteiger partial charge in [-0.2, -0.15) is 12.6 Å². The lowest BCUT2D eigenvalue weighted by Crippen LogP contribution is -2.54.